The maximum Gasteiger partial charge on any atom is 0.264 e. The molecule has 0 aromatic heterocycles. The SMILES string of the molecule is CN1CCC(NC(=O)CN(c2ccc(F)cc2)S(=O)(=O)c2ccc3c(c2)OCCO3)CC1. The Morgan fingerprint density at radius 3 is 2.44 bits per heavy atom. The predicted molar refractivity (Wildman–Crippen MR) is 117 cm³/mol. The fourth-order valence-electron chi connectivity index (χ4n) is 3.79. The molecular weight excluding hydrogens is 437 g/mol. The van der Waals surface area contributed by atoms with Gasteiger partial charge < -0.3 is 19.7 Å². The third kappa shape index (κ3) is 4.97. The number of sulfonamides is 1. The van der Waals surface area contributed by atoms with Gasteiger partial charge in [-0.2, -0.15) is 0 Å². The lowest BCUT2D eigenvalue weighted by Crippen LogP contribution is -2.47. The van der Waals surface area contributed by atoms with Gasteiger partial charge in [0.2, 0.25) is 5.91 Å². The number of hydrogen-bond acceptors (Lipinski definition) is 6. The summed E-state index contributed by atoms with van der Waals surface area (Å²) in [7, 11) is -2.12. The quantitative estimate of drug-likeness (QED) is 0.705. The van der Waals surface area contributed by atoms with E-state index in [1.165, 1.54) is 30.3 Å². The number of nitrogens with one attached hydrogen (secondary N) is 1. The average Bonchev–Trinajstić information content (AvgIpc) is 2.79. The Bertz CT molecular complexity index is 1070. The van der Waals surface area contributed by atoms with Crippen LogP contribution in [-0.4, -0.2) is 65.2 Å². The number of carbonyl (C=O) groups excluding carboxylic acids is 1. The highest BCUT2D eigenvalue weighted by molar-refractivity contribution is 7.92. The number of fused-ring (bicyclic) bond motifs is 1. The average molecular weight is 464 g/mol. The van der Waals surface area contributed by atoms with E-state index >= 15 is 0 Å². The lowest BCUT2D eigenvalue weighted by molar-refractivity contribution is -0.120. The van der Waals surface area contributed by atoms with E-state index in [0.29, 0.717) is 24.7 Å². The van der Waals surface area contributed by atoms with Crippen LogP contribution in [0.15, 0.2) is 47.4 Å². The lowest BCUT2D eigenvalue weighted by Gasteiger charge is -2.30. The molecule has 1 fully saturated rings. The smallest absolute Gasteiger partial charge is 0.264 e. The fraction of sp³-hybridized carbons (Fsp3) is 0.409. The second-order valence-corrected chi connectivity index (χ2v) is 9.80. The highest BCUT2D eigenvalue weighted by Crippen LogP contribution is 2.34. The Balaban J connectivity index is 1.60. The first kappa shape index (κ1) is 22.3. The summed E-state index contributed by atoms with van der Waals surface area (Å²) in [6, 6.07) is 9.33. The first-order valence-corrected chi connectivity index (χ1v) is 11.9. The molecule has 8 nitrogen and oxygen atoms in total. The molecule has 0 atom stereocenters. The second-order valence-electron chi connectivity index (χ2n) is 7.94. The molecule has 1 saturated heterocycles. The topological polar surface area (TPSA) is 88.2 Å². The standard InChI is InChI=1S/C22H26FN3O5S/c1-25-10-8-17(9-11-25)24-22(27)15-26(18-4-2-16(23)3-5-18)32(28,29)19-6-7-20-21(14-19)31-13-12-30-20/h2-7,14,17H,8-13,15H2,1H3,(H,24,27). The summed E-state index contributed by atoms with van der Waals surface area (Å²) >= 11 is 0. The van der Waals surface area contributed by atoms with Gasteiger partial charge in [-0.1, -0.05) is 0 Å². The number of benzene rings is 2. The van der Waals surface area contributed by atoms with Gasteiger partial charge in [0.25, 0.3) is 10.0 Å². The summed E-state index contributed by atoms with van der Waals surface area (Å²) in [6.07, 6.45) is 1.60. The summed E-state index contributed by atoms with van der Waals surface area (Å²) in [6.45, 7) is 2.01. The molecule has 32 heavy (non-hydrogen) atoms. The molecule has 0 spiro atoms. The van der Waals surface area contributed by atoms with Crippen LogP contribution >= 0.6 is 0 Å². The highest BCUT2D eigenvalue weighted by atomic mass is 32.2. The first-order chi connectivity index (χ1) is 15.3. The molecule has 2 heterocycles. The van der Waals surface area contributed by atoms with Crippen molar-refractivity contribution >= 4 is 21.6 Å². The van der Waals surface area contributed by atoms with Crippen molar-refractivity contribution < 1.29 is 27.1 Å². The molecule has 2 aromatic carbocycles. The summed E-state index contributed by atoms with van der Waals surface area (Å²) in [5.41, 5.74) is 0.194. The zero-order valence-electron chi connectivity index (χ0n) is 17.8. The van der Waals surface area contributed by atoms with Crippen LogP contribution < -0.4 is 19.1 Å². The van der Waals surface area contributed by atoms with E-state index in [1.807, 2.05) is 7.05 Å². The van der Waals surface area contributed by atoms with Crippen LogP contribution in [0, 0.1) is 5.82 Å². The highest BCUT2D eigenvalue weighted by Gasteiger charge is 2.30. The summed E-state index contributed by atoms with van der Waals surface area (Å²) in [4.78, 5) is 14.9. The molecular formula is C22H26FN3O5S. The van der Waals surface area contributed by atoms with Crippen LogP contribution in [0.2, 0.25) is 0 Å². The summed E-state index contributed by atoms with van der Waals surface area (Å²) in [5, 5.41) is 2.93. The van der Waals surface area contributed by atoms with Gasteiger partial charge in [-0.25, -0.2) is 12.8 Å². The fourth-order valence-corrected chi connectivity index (χ4v) is 5.23. The maximum atomic E-state index is 13.5. The van der Waals surface area contributed by atoms with Crippen LogP contribution in [0.4, 0.5) is 10.1 Å². The molecule has 4 rings (SSSR count). The zero-order valence-corrected chi connectivity index (χ0v) is 18.6. The number of rotatable bonds is 6. The Hall–Kier alpha value is -2.85. The Kier molecular flexibility index (Phi) is 6.52. The minimum Gasteiger partial charge on any atom is -0.486 e. The van der Waals surface area contributed by atoms with E-state index in [9.17, 15) is 17.6 Å². The molecule has 0 aliphatic carbocycles. The number of ether oxygens (including phenoxy) is 2. The van der Waals surface area contributed by atoms with Crippen molar-refractivity contribution in [2.45, 2.75) is 23.8 Å². The largest absolute Gasteiger partial charge is 0.486 e. The monoisotopic (exact) mass is 463 g/mol. The number of carbonyl (C=O) groups is 1. The molecule has 0 unspecified atom stereocenters. The van der Waals surface area contributed by atoms with Crippen molar-refractivity contribution in [1.82, 2.24) is 10.2 Å². The summed E-state index contributed by atoms with van der Waals surface area (Å²) < 4.78 is 52.5. The molecule has 0 saturated carbocycles. The summed E-state index contributed by atoms with van der Waals surface area (Å²) in [5.74, 6) is -0.123. The predicted octanol–water partition coefficient (Wildman–Crippen LogP) is 2.00. The third-order valence-corrected chi connectivity index (χ3v) is 7.36. The molecule has 172 valence electrons. The van der Waals surface area contributed by atoms with Crippen molar-refractivity contribution in [3.05, 3.63) is 48.3 Å². The molecule has 2 aromatic rings. The number of hydrogen-bond donors (Lipinski definition) is 1. The van der Waals surface area contributed by atoms with Crippen LogP contribution in [0.5, 0.6) is 11.5 Å². The third-order valence-electron chi connectivity index (χ3n) is 5.59. The van der Waals surface area contributed by atoms with Crippen molar-refractivity contribution in [2.24, 2.45) is 0 Å². The zero-order chi connectivity index (χ0) is 22.7. The van der Waals surface area contributed by atoms with Gasteiger partial charge in [0.1, 0.15) is 25.6 Å². The van der Waals surface area contributed by atoms with E-state index in [-0.39, 0.29) is 16.6 Å². The Morgan fingerprint density at radius 1 is 1.09 bits per heavy atom. The van der Waals surface area contributed by atoms with Gasteiger partial charge in [-0.3, -0.25) is 9.10 Å². The van der Waals surface area contributed by atoms with Gasteiger partial charge in [-0.05, 0) is 69.4 Å². The van der Waals surface area contributed by atoms with Gasteiger partial charge in [-0.15, -0.1) is 0 Å². The first-order valence-electron chi connectivity index (χ1n) is 10.5. The van der Waals surface area contributed by atoms with Crippen LogP contribution in [0.3, 0.4) is 0 Å². The maximum absolute atomic E-state index is 13.5. The molecule has 10 heteroatoms. The van der Waals surface area contributed by atoms with Crippen molar-refractivity contribution in [3.63, 3.8) is 0 Å². The number of amides is 1. The van der Waals surface area contributed by atoms with Gasteiger partial charge in [0, 0.05) is 12.1 Å². The van der Waals surface area contributed by atoms with Gasteiger partial charge in [0.05, 0.1) is 10.6 Å². The van der Waals surface area contributed by atoms with Crippen LogP contribution in [-0.2, 0) is 14.8 Å². The van der Waals surface area contributed by atoms with E-state index in [0.717, 1.165) is 42.4 Å². The minimum atomic E-state index is -4.14. The normalized spacial score (nSPS) is 17.1. The van der Waals surface area contributed by atoms with Crippen LogP contribution in [0.1, 0.15) is 12.8 Å². The van der Waals surface area contributed by atoms with Gasteiger partial charge in [0.15, 0.2) is 11.5 Å². The van der Waals surface area contributed by atoms with Crippen molar-refractivity contribution in [3.8, 4) is 11.5 Å². The van der Waals surface area contributed by atoms with Gasteiger partial charge >= 0.3 is 0 Å². The second kappa shape index (κ2) is 9.33. The Labute approximate surface area is 187 Å². The number of likely N-dealkylation sites (tertiary alicyclic amines) is 1. The molecule has 1 amide bonds. The molecule has 0 radical (unpaired) electrons. The molecule has 2 aliphatic heterocycles. The molecule has 0 bridgehead atoms. The number of anilines is 1. The van der Waals surface area contributed by atoms with E-state index in [4.69, 9.17) is 9.47 Å². The molecule has 2 aliphatic rings. The van der Waals surface area contributed by atoms with E-state index in [1.54, 1.807) is 0 Å². The minimum absolute atomic E-state index is 0.00855. The van der Waals surface area contributed by atoms with Crippen molar-refractivity contribution in [2.75, 3.05) is 44.2 Å². The number of halogens is 1. The number of nitrogens with zero attached hydrogens (tertiary/aromatic N) is 2. The Morgan fingerprint density at radius 2 is 1.75 bits per heavy atom. The van der Waals surface area contributed by atoms with E-state index < -0.39 is 28.3 Å². The van der Waals surface area contributed by atoms with Crippen molar-refractivity contribution in [1.29, 1.82) is 0 Å². The van der Waals surface area contributed by atoms with E-state index in [2.05, 4.69) is 10.2 Å². The lowest BCUT2D eigenvalue weighted by atomic mass is 10.1. The molecule has 1 N–H and O–H groups in total. The number of piperidine rings is 1. The van der Waals surface area contributed by atoms with Crippen LogP contribution in [0.25, 0.3) is 0 Å².